The zero-order valence-electron chi connectivity index (χ0n) is 7.34. The van der Waals surface area contributed by atoms with Gasteiger partial charge < -0.3 is 4.74 Å². The highest BCUT2D eigenvalue weighted by Gasteiger charge is 2.15. The normalized spacial score (nSPS) is 22.6. The van der Waals surface area contributed by atoms with Crippen molar-refractivity contribution in [3.8, 4) is 0 Å². The zero-order valence-corrected chi connectivity index (χ0v) is 8.15. The monoisotopic (exact) mass is 193 g/mol. The summed E-state index contributed by atoms with van der Waals surface area (Å²) in [7, 11) is 0. The third kappa shape index (κ3) is 3.93. The van der Waals surface area contributed by atoms with Crippen molar-refractivity contribution in [2.45, 2.75) is 38.8 Å². The van der Waals surface area contributed by atoms with E-state index < -0.39 is 0 Å². The fraction of sp³-hybridized carbons (Fsp3) is 0.875. The summed E-state index contributed by atoms with van der Waals surface area (Å²) in [6.07, 6.45) is 3.77. The molecule has 0 aromatic rings. The summed E-state index contributed by atoms with van der Waals surface area (Å²) in [4.78, 5) is 10.8. The summed E-state index contributed by atoms with van der Waals surface area (Å²) in [6.45, 7) is 2.78. The lowest BCUT2D eigenvalue weighted by atomic mass is 10.1. The van der Waals surface area contributed by atoms with Gasteiger partial charge in [0.1, 0.15) is 0 Å². The fourth-order valence-corrected chi connectivity index (χ4v) is 1.16. The van der Waals surface area contributed by atoms with Crippen molar-refractivity contribution < 1.29 is 9.53 Å². The van der Waals surface area contributed by atoms with E-state index in [1.807, 2.05) is 6.92 Å². The second-order valence-electron chi connectivity index (χ2n) is 2.78. The van der Waals surface area contributed by atoms with Crippen molar-refractivity contribution >= 4 is 18.4 Å². The van der Waals surface area contributed by atoms with Crippen molar-refractivity contribution in [3.63, 3.8) is 0 Å². The van der Waals surface area contributed by atoms with Crippen LogP contribution in [0, 0.1) is 0 Å². The number of ether oxygens (including phenoxy) is 1. The average molecular weight is 194 g/mol. The maximum atomic E-state index is 10.8. The van der Waals surface area contributed by atoms with Gasteiger partial charge in [0.05, 0.1) is 0 Å². The van der Waals surface area contributed by atoms with Gasteiger partial charge in [-0.25, -0.2) is 0 Å². The second-order valence-corrected chi connectivity index (χ2v) is 2.78. The molecule has 0 aliphatic carbocycles. The van der Waals surface area contributed by atoms with Crippen LogP contribution in [0.2, 0.25) is 0 Å². The molecule has 0 aromatic heterocycles. The van der Waals surface area contributed by atoms with E-state index in [0.717, 1.165) is 19.4 Å². The van der Waals surface area contributed by atoms with Gasteiger partial charge in [-0.3, -0.25) is 10.1 Å². The molecule has 1 heterocycles. The molecule has 1 N–H and O–H groups in total. The van der Waals surface area contributed by atoms with E-state index in [1.165, 1.54) is 6.42 Å². The Morgan fingerprint density at radius 1 is 1.58 bits per heavy atom. The van der Waals surface area contributed by atoms with Crippen LogP contribution in [0.1, 0.15) is 32.6 Å². The van der Waals surface area contributed by atoms with E-state index in [0.29, 0.717) is 6.42 Å². The predicted molar refractivity (Wildman–Crippen MR) is 49.3 cm³/mol. The number of nitrogens with one attached hydrogen (secondary N) is 1. The molecule has 1 saturated heterocycles. The highest BCUT2D eigenvalue weighted by molar-refractivity contribution is 5.85. The molecule has 1 atom stereocenters. The van der Waals surface area contributed by atoms with Gasteiger partial charge in [-0.05, 0) is 25.8 Å². The largest absolute Gasteiger partial charge is 0.447 e. The Labute approximate surface area is 79.3 Å². The Kier molecular flexibility index (Phi) is 6.11. The van der Waals surface area contributed by atoms with Crippen LogP contribution in [-0.2, 0) is 9.53 Å². The molecule has 4 heteroatoms. The van der Waals surface area contributed by atoms with Crippen molar-refractivity contribution in [3.05, 3.63) is 0 Å². The number of esters is 1. The molecule has 3 nitrogen and oxygen atoms in total. The van der Waals surface area contributed by atoms with E-state index in [-0.39, 0.29) is 24.6 Å². The Morgan fingerprint density at radius 3 is 2.83 bits per heavy atom. The summed E-state index contributed by atoms with van der Waals surface area (Å²) in [5.74, 6) is -0.107. The maximum Gasteiger partial charge on any atom is 0.307 e. The molecule has 1 aliphatic rings. The predicted octanol–water partition coefficient (Wildman–Crippen LogP) is 1.46. The SMILES string of the molecule is CCC(=O)OC1CCCCN1.Cl. The molecule has 12 heavy (non-hydrogen) atoms. The second kappa shape index (κ2) is 6.26. The molecule has 0 amide bonds. The van der Waals surface area contributed by atoms with E-state index in [2.05, 4.69) is 5.32 Å². The highest BCUT2D eigenvalue weighted by atomic mass is 35.5. The minimum atomic E-state index is -0.107. The lowest BCUT2D eigenvalue weighted by Crippen LogP contribution is -2.37. The number of rotatable bonds is 2. The minimum Gasteiger partial charge on any atom is -0.447 e. The van der Waals surface area contributed by atoms with E-state index >= 15 is 0 Å². The first kappa shape index (κ1) is 11.7. The van der Waals surface area contributed by atoms with Crippen LogP contribution >= 0.6 is 12.4 Å². The van der Waals surface area contributed by atoms with Crippen LogP contribution in [0.15, 0.2) is 0 Å². The molecule has 1 aliphatic heterocycles. The Hall–Kier alpha value is -0.280. The van der Waals surface area contributed by atoms with Crippen molar-refractivity contribution in [1.29, 1.82) is 0 Å². The Balaban J connectivity index is 0.00000121. The molecule has 0 spiro atoms. The molecule has 1 fully saturated rings. The molecule has 0 radical (unpaired) electrons. The van der Waals surface area contributed by atoms with E-state index in [4.69, 9.17) is 4.74 Å². The third-order valence-corrected chi connectivity index (χ3v) is 1.83. The van der Waals surface area contributed by atoms with Crippen LogP contribution in [0.5, 0.6) is 0 Å². The average Bonchev–Trinajstić information content (AvgIpc) is 2.06. The quantitative estimate of drug-likeness (QED) is 0.675. The molecule has 1 unspecified atom stereocenters. The lowest BCUT2D eigenvalue weighted by molar-refractivity contribution is -0.151. The molecule has 0 saturated carbocycles. The van der Waals surface area contributed by atoms with Crippen molar-refractivity contribution in [1.82, 2.24) is 5.32 Å². The summed E-state index contributed by atoms with van der Waals surface area (Å²) in [6, 6.07) is 0. The van der Waals surface area contributed by atoms with Gasteiger partial charge in [0.25, 0.3) is 0 Å². The van der Waals surface area contributed by atoms with Gasteiger partial charge in [-0.15, -0.1) is 12.4 Å². The number of piperidine rings is 1. The Bertz CT molecular complexity index is 135. The third-order valence-electron chi connectivity index (χ3n) is 1.83. The molecular formula is C8H16ClNO2. The molecule has 0 aromatic carbocycles. The maximum absolute atomic E-state index is 10.8. The van der Waals surface area contributed by atoms with E-state index in [1.54, 1.807) is 0 Å². The number of hydrogen-bond acceptors (Lipinski definition) is 3. The summed E-state index contributed by atoms with van der Waals surface area (Å²) >= 11 is 0. The first-order valence-corrected chi connectivity index (χ1v) is 4.26. The van der Waals surface area contributed by atoms with Crippen LogP contribution in [0.3, 0.4) is 0 Å². The van der Waals surface area contributed by atoms with Gasteiger partial charge in [-0.2, -0.15) is 0 Å². The lowest BCUT2D eigenvalue weighted by Gasteiger charge is -2.22. The first-order chi connectivity index (χ1) is 5.33. The van der Waals surface area contributed by atoms with Crippen LogP contribution < -0.4 is 5.32 Å². The first-order valence-electron chi connectivity index (χ1n) is 4.26. The topological polar surface area (TPSA) is 38.3 Å². The summed E-state index contributed by atoms with van der Waals surface area (Å²) in [5.41, 5.74) is 0. The van der Waals surface area contributed by atoms with Gasteiger partial charge in [0, 0.05) is 6.42 Å². The number of hydrogen-bond donors (Lipinski definition) is 1. The highest BCUT2D eigenvalue weighted by Crippen LogP contribution is 2.08. The number of carbonyl (C=O) groups is 1. The standard InChI is InChI=1S/C8H15NO2.ClH/c1-2-8(10)11-7-5-3-4-6-9-7;/h7,9H,2-6H2,1H3;1H. The summed E-state index contributed by atoms with van der Waals surface area (Å²) in [5, 5.41) is 3.14. The van der Waals surface area contributed by atoms with E-state index in [9.17, 15) is 4.79 Å². The molecule has 72 valence electrons. The van der Waals surface area contributed by atoms with Gasteiger partial charge >= 0.3 is 5.97 Å². The summed E-state index contributed by atoms with van der Waals surface area (Å²) < 4.78 is 5.09. The van der Waals surface area contributed by atoms with Gasteiger partial charge in [0.2, 0.25) is 0 Å². The van der Waals surface area contributed by atoms with Gasteiger partial charge in [-0.1, -0.05) is 6.92 Å². The molecule has 0 bridgehead atoms. The van der Waals surface area contributed by atoms with Crippen LogP contribution in [0.4, 0.5) is 0 Å². The van der Waals surface area contributed by atoms with Crippen LogP contribution in [-0.4, -0.2) is 18.7 Å². The molecular weight excluding hydrogens is 178 g/mol. The zero-order chi connectivity index (χ0) is 8.10. The van der Waals surface area contributed by atoms with Crippen molar-refractivity contribution in [2.24, 2.45) is 0 Å². The van der Waals surface area contributed by atoms with Crippen LogP contribution in [0.25, 0.3) is 0 Å². The number of halogens is 1. The Morgan fingerprint density at radius 2 is 2.33 bits per heavy atom. The number of carbonyl (C=O) groups excluding carboxylic acids is 1. The minimum absolute atomic E-state index is 0. The molecule has 1 rings (SSSR count). The fourth-order valence-electron chi connectivity index (χ4n) is 1.16. The smallest absolute Gasteiger partial charge is 0.307 e. The van der Waals surface area contributed by atoms with Gasteiger partial charge in [0.15, 0.2) is 6.23 Å². The van der Waals surface area contributed by atoms with Crippen molar-refractivity contribution in [2.75, 3.05) is 6.54 Å².